The van der Waals surface area contributed by atoms with E-state index in [2.05, 4.69) is 59.0 Å². The Morgan fingerprint density at radius 2 is 1.76 bits per heavy atom. The van der Waals surface area contributed by atoms with E-state index in [0.717, 1.165) is 43.0 Å². The number of hydrogen-bond donors (Lipinski definition) is 1. The third kappa shape index (κ3) is 3.05. The Kier molecular flexibility index (Phi) is 4.87. The number of aromatic amines is 1. The number of carbonyl (C=O) groups is 2. The average molecular weight is 456 g/mol. The van der Waals surface area contributed by atoms with Crippen LogP contribution in [0.3, 0.4) is 0 Å². The Balaban J connectivity index is 1.45. The van der Waals surface area contributed by atoms with Gasteiger partial charge in [0, 0.05) is 35.3 Å². The zero-order valence-corrected chi connectivity index (χ0v) is 20.3. The van der Waals surface area contributed by atoms with Gasteiger partial charge in [-0.25, -0.2) is 0 Å². The average Bonchev–Trinajstić information content (AvgIpc) is 3.39. The highest BCUT2D eigenvalue weighted by atomic mass is 16.2. The highest BCUT2D eigenvalue weighted by Crippen LogP contribution is 2.56. The normalized spacial score (nSPS) is 30.1. The number of hydrogen-bond acceptors (Lipinski definition) is 2. The molecule has 5 nitrogen and oxygen atoms in total. The Morgan fingerprint density at radius 3 is 2.47 bits per heavy atom. The number of likely N-dealkylation sites (tertiary alicyclic amines) is 2. The summed E-state index contributed by atoms with van der Waals surface area (Å²) in [6, 6.07) is 19.0. The Hall–Kier alpha value is -3.08. The lowest BCUT2D eigenvalue weighted by molar-refractivity contribution is -0.142. The summed E-state index contributed by atoms with van der Waals surface area (Å²) in [7, 11) is 0. The molecule has 0 spiro atoms. The van der Waals surface area contributed by atoms with Gasteiger partial charge in [-0.3, -0.25) is 9.59 Å². The Labute approximate surface area is 201 Å². The number of carbonyl (C=O) groups excluding carboxylic acids is 2. The van der Waals surface area contributed by atoms with Crippen molar-refractivity contribution in [2.75, 3.05) is 0 Å². The van der Waals surface area contributed by atoms with E-state index in [1.54, 1.807) is 6.92 Å². The van der Waals surface area contributed by atoms with E-state index in [0.29, 0.717) is 5.69 Å². The number of fused-ring (bicyclic) bond motifs is 2. The van der Waals surface area contributed by atoms with Crippen LogP contribution in [0.4, 0.5) is 0 Å². The van der Waals surface area contributed by atoms with E-state index in [1.807, 2.05) is 24.3 Å². The molecule has 6 rings (SSSR count). The molecule has 2 aromatic carbocycles. The maximum Gasteiger partial charge on any atom is 0.270 e. The van der Waals surface area contributed by atoms with Gasteiger partial charge in [-0.2, -0.15) is 0 Å². The van der Waals surface area contributed by atoms with Crippen LogP contribution in [0, 0.1) is 12.3 Å². The summed E-state index contributed by atoms with van der Waals surface area (Å²) in [4.78, 5) is 35.0. The van der Waals surface area contributed by atoms with Crippen LogP contribution in [0.2, 0.25) is 0 Å². The predicted molar refractivity (Wildman–Crippen MR) is 134 cm³/mol. The van der Waals surface area contributed by atoms with Gasteiger partial charge in [0.2, 0.25) is 5.91 Å². The monoisotopic (exact) mass is 455 g/mol. The second kappa shape index (κ2) is 7.72. The standard InChI is InChI=1S/C29H33N3O2/c1-18-9-7-12-22-21(18)16-23(30-22)28(34)32-25-17-29(3)26(13-8-14-27(29)32)31(19(2)33)24(25)15-20-10-5-4-6-11-20/h4-7,9-12,16,24-27,30H,8,13-15,17H2,1-3H3/t24-,25-,26+,27-,29+/m0/s1. The van der Waals surface area contributed by atoms with Crippen LogP contribution < -0.4 is 0 Å². The number of aromatic nitrogens is 1. The van der Waals surface area contributed by atoms with E-state index in [-0.39, 0.29) is 41.4 Å². The van der Waals surface area contributed by atoms with Crippen LogP contribution in [-0.2, 0) is 11.2 Å². The number of H-pyrrole nitrogens is 1. The van der Waals surface area contributed by atoms with E-state index < -0.39 is 0 Å². The van der Waals surface area contributed by atoms with Gasteiger partial charge in [-0.15, -0.1) is 0 Å². The van der Waals surface area contributed by atoms with Crippen molar-refractivity contribution in [3.05, 3.63) is 71.4 Å². The number of piperidine rings is 1. The van der Waals surface area contributed by atoms with Crippen molar-refractivity contribution in [3.8, 4) is 0 Å². The number of nitrogens with zero attached hydrogens (tertiary/aromatic N) is 2. The zero-order chi connectivity index (χ0) is 23.6. The quantitative estimate of drug-likeness (QED) is 0.598. The number of aryl methyl sites for hydroxylation is 1. The first kappa shape index (κ1) is 21.5. The third-order valence-corrected chi connectivity index (χ3v) is 8.96. The topological polar surface area (TPSA) is 56.4 Å². The predicted octanol–water partition coefficient (Wildman–Crippen LogP) is 5.09. The van der Waals surface area contributed by atoms with Crippen molar-refractivity contribution >= 4 is 22.7 Å². The van der Waals surface area contributed by atoms with Crippen LogP contribution in [0.25, 0.3) is 10.9 Å². The summed E-state index contributed by atoms with van der Waals surface area (Å²) >= 11 is 0. The lowest BCUT2D eigenvalue weighted by Crippen LogP contribution is -2.62. The van der Waals surface area contributed by atoms with Crippen LogP contribution in [0.1, 0.15) is 61.1 Å². The second-order valence-electron chi connectivity index (χ2n) is 10.9. The van der Waals surface area contributed by atoms with Gasteiger partial charge in [-0.05, 0) is 62.3 Å². The van der Waals surface area contributed by atoms with Crippen molar-refractivity contribution in [2.24, 2.45) is 5.41 Å². The third-order valence-electron chi connectivity index (χ3n) is 8.96. The van der Waals surface area contributed by atoms with E-state index in [4.69, 9.17) is 0 Å². The number of amides is 2. The minimum atomic E-state index is -0.0562. The summed E-state index contributed by atoms with van der Waals surface area (Å²) in [6.45, 7) is 6.12. The summed E-state index contributed by atoms with van der Waals surface area (Å²) in [5, 5.41) is 1.10. The molecule has 1 aromatic heterocycles. The van der Waals surface area contributed by atoms with Crippen molar-refractivity contribution in [1.29, 1.82) is 0 Å². The Bertz CT molecular complexity index is 1260. The van der Waals surface area contributed by atoms with Crippen molar-refractivity contribution in [2.45, 2.75) is 77.0 Å². The molecule has 0 radical (unpaired) electrons. The summed E-state index contributed by atoms with van der Waals surface area (Å²) in [5.41, 5.74) is 4.00. The minimum absolute atomic E-state index is 0.00357. The molecular weight excluding hydrogens is 422 g/mol. The van der Waals surface area contributed by atoms with Gasteiger partial charge in [0.1, 0.15) is 5.69 Å². The first-order valence-corrected chi connectivity index (χ1v) is 12.6. The van der Waals surface area contributed by atoms with E-state index >= 15 is 0 Å². The van der Waals surface area contributed by atoms with Gasteiger partial charge >= 0.3 is 0 Å². The molecular formula is C29H33N3O2. The highest BCUT2D eigenvalue weighted by molar-refractivity contribution is 5.99. The summed E-state index contributed by atoms with van der Waals surface area (Å²) < 4.78 is 0. The molecule has 176 valence electrons. The van der Waals surface area contributed by atoms with Gasteiger partial charge in [0.25, 0.3) is 5.91 Å². The summed E-state index contributed by atoms with van der Waals surface area (Å²) in [5.74, 6) is 0.219. The first-order valence-electron chi connectivity index (χ1n) is 12.6. The first-order chi connectivity index (χ1) is 16.4. The molecule has 2 bridgehead atoms. The SMILES string of the molecule is CC(=O)N1[C@@H](Cc2ccccc2)[C@@H]2C[C@@]3(C)[C@H](CCC[C@@H]13)N2C(=O)c1cc2c(C)cccc2[nH]1. The number of benzene rings is 2. The van der Waals surface area contributed by atoms with Gasteiger partial charge in [0.05, 0.1) is 12.1 Å². The summed E-state index contributed by atoms with van der Waals surface area (Å²) in [6.07, 6.45) is 4.83. The minimum Gasteiger partial charge on any atom is -0.351 e. The maximum absolute atomic E-state index is 14.2. The fraction of sp³-hybridized carbons (Fsp3) is 0.448. The molecule has 2 aliphatic heterocycles. The molecule has 2 amide bonds. The number of rotatable bonds is 3. The Morgan fingerprint density at radius 1 is 1.03 bits per heavy atom. The van der Waals surface area contributed by atoms with Gasteiger partial charge in [0.15, 0.2) is 0 Å². The molecule has 2 saturated heterocycles. The zero-order valence-electron chi connectivity index (χ0n) is 20.3. The fourth-order valence-electron chi connectivity index (χ4n) is 7.49. The molecule has 1 N–H and O–H groups in total. The van der Waals surface area contributed by atoms with Crippen LogP contribution >= 0.6 is 0 Å². The number of nitrogens with one attached hydrogen (secondary N) is 1. The van der Waals surface area contributed by atoms with Crippen LogP contribution in [0.5, 0.6) is 0 Å². The van der Waals surface area contributed by atoms with E-state index in [9.17, 15) is 9.59 Å². The molecule has 1 aliphatic carbocycles. The molecule has 0 unspecified atom stereocenters. The van der Waals surface area contributed by atoms with Crippen molar-refractivity contribution in [3.63, 3.8) is 0 Å². The van der Waals surface area contributed by atoms with Crippen molar-refractivity contribution in [1.82, 2.24) is 14.8 Å². The molecule has 3 fully saturated rings. The lowest BCUT2D eigenvalue weighted by Gasteiger charge is -2.52. The van der Waals surface area contributed by atoms with Gasteiger partial charge in [-0.1, -0.05) is 49.4 Å². The van der Waals surface area contributed by atoms with Crippen LogP contribution in [-0.4, -0.2) is 50.8 Å². The highest BCUT2D eigenvalue weighted by Gasteiger charge is 2.64. The molecule has 3 aliphatic rings. The smallest absolute Gasteiger partial charge is 0.270 e. The van der Waals surface area contributed by atoms with E-state index in [1.165, 1.54) is 11.1 Å². The molecule has 34 heavy (non-hydrogen) atoms. The largest absolute Gasteiger partial charge is 0.351 e. The van der Waals surface area contributed by atoms with Crippen LogP contribution in [0.15, 0.2) is 54.6 Å². The lowest BCUT2D eigenvalue weighted by atomic mass is 9.64. The van der Waals surface area contributed by atoms with Crippen molar-refractivity contribution < 1.29 is 9.59 Å². The molecule has 3 aromatic rings. The second-order valence-corrected chi connectivity index (χ2v) is 10.9. The molecule has 5 atom stereocenters. The molecule has 3 heterocycles. The molecule has 5 heteroatoms. The molecule has 1 saturated carbocycles. The van der Waals surface area contributed by atoms with Gasteiger partial charge < -0.3 is 14.8 Å². The fourth-order valence-corrected chi connectivity index (χ4v) is 7.49. The maximum atomic E-state index is 14.2.